The molecule has 0 unspecified atom stereocenters. The first-order chi connectivity index (χ1) is 6.79. The third-order valence-electron chi connectivity index (χ3n) is 2.29. The number of hydrogen-bond donors (Lipinski definition) is 1. The first kappa shape index (κ1) is 8.93. The molecule has 1 aliphatic heterocycles. The Balaban J connectivity index is 2.35. The van der Waals surface area contributed by atoms with Crippen LogP contribution in [0.4, 0.5) is 5.82 Å². The fraction of sp³-hybridized carbons (Fsp3) is 0.444. The summed E-state index contributed by atoms with van der Waals surface area (Å²) in [5.74, 6) is -0.516. The van der Waals surface area contributed by atoms with Crippen molar-refractivity contribution in [2.45, 2.75) is 12.8 Å². The van der Waals surface area contributed by atoms with E-state index in [0.29, 0.717) is 5.82 Å². The summed E-state index contributed by atoms with van der Waals surface area (Å²) in [6.45, 7) is 1.75. The van der Waals surface area contributed by atoms with Crippen LogP contribution >= 0.6 is 0 Å². The van der Waals surface area contributed by atoms with Crippen LogP contribution in [0.5, 0.6) is 0 Å². The molecule has 0 amide bonds. The largest absolute Gasteiger partial charge is 0.476 e. The standard InChI is InChI=1S/C9H11N3O2/c13-9(14)7-8(11-4-3-10-7)12-5-1-2-6-12/h3-4H,1-2,5-6H2,(H,13,14). The Bertz CT molecular complexity index is 348. The van der Waals surface area contributed by atoms with E-state index in [9.17, 15) is 4.79 Å². The van der Waals surface area contributed by atoms with Crippen LogP contribution in [0.25, 0.3) is 0 Å². The normalized spacial score (nSPS) is 15.9. The lowest BCUT2D eigenvalue weighted by Crippen LogP contribution is -2.22. The van der Waals surface area contributed by atoms with Crippen LogP contribution in [0, 0.1) is 0 Å². The highest BCUT2D eigenvalue weighted by atomic mass is 16.4. The Morgan fingerprint density at radius 2 is 1.93 bits per heavy atom. The van der Waals surface area contributed by atoms with Crippen LogP contribution in [-0.2, 0) is 0 Å². The maximum Gasteiger partial charge on any atom is 0.358 e. The number of aromatic carboxylic acids is 1. The molecule has 5 nitrogen and oxygen atoms in total. The highest BCUT2D eigenvalue weighted by Crippen LogP contribution is 2.19. The van der Waals surface area contributed by atoms with E-state index in [-0.39, 0.29) is 5.69 Å². The maximum absolute atomic E-state index is 10.8. The Labute approximate surface area is 81.4 Å². The molecule has 1 aliphatic rings. The average molecular weight is 193 g/mol. The molecule has 1 aromatic heterocycles. The molecule has 0 aliphatic carbocycles. The number of nitrogens with zero attached hydrogens (tertiary/aromatic N) is 3. The zero-order valence-corrected chi connectivity index (χ0v) is 7.68. The van der Waals surface area contributed by atoms with Gasteiger partial charge in [-0.25, -0.2) is 14.8 Å². The molecule has 0 spiro atoms. The van der Waals surface area contributed by atoms with Gasteiger partial charge in [0.25, 0.3) is 0 Å². The molecule has 0 aromatic carbocycles. The lowest BCUT2D eigenvalue weighted by Gasteiger charge is -2.16. The SMILES string of the molecule is O=C(O)c1nccnc1N1CCCC1. The molecule has 0 saturated carbocycles. The van der Waals surface area contributed by atoms with Gasteiger partial charge in [0.2, 0.25) is 0 Å². The third kappa shape index (κ3) is 1.53. The summed E-state index contributed by atoms with van der Waals surface area (Å²) < 4.78 is 0. The van der Waals surface area contributed by atoms with E-state index in [2.05, 4.69) is 9.97 Å². The van der Waals surface area contributed by atoms with Crippen molar-refractivity contribution < 1.29 is 9.90 Å². The molecule has 0 radical (unpaired) electrons. The van der Waals surface area contributed by atoms with Gasteiger partial charge in [0.1, 0.15) is 0 Å². The number of rotatable bonds is 2. The van der Waals surface area contributed by atoms with Crippen molar-refractivity contribution >= 4 is 11.8 Å². The van der Waals surface area contributed by atoms with E-state index in [0.717, 1.165) is 25.9 Å². The predicted octanol–water partition coefficient (Wildman–Crippen LogP) is 0.775. The fourth-order valence-electron chi connectivity index (χ4n) is 1.64. The summed E-state index contributed by atoms with van der Waals surface area (Å²) in [5.41, 5.74) is 0.0504. The zero-order chi connectivity index (χ0) is 9.97. The molecular formula is C9H11N3O2. The van der Waals surface area contributed by atoms with Crippen LogP contribution in [-0.4, -0.2) is 34.1 Å². The molecule has 0 atom stereocenters. The van der Waals surface area contributed by atoms with Crippen LogP contribution < -0.4 is 4.90 Å². The maximum atomic E-state index is 10.8. The second kappa shape index (κ2) is 3.61. The molecule has 1 aromatic rings. The number of hydrogen-bond acceptors (Lipinski definition) is 4. The molecule has 14 heavy (non-hydrogen) atoms. The molecule has 5 heteroatoms. The van der Waals surface area contributed by atoms with E-state index >= 15 is 0 Å². The van der Waals surface area contributed by atoms with Crippen LogP contribution in [0.2, 0.25) is 0 Å². The van der Waals surface area contributed by atoms with Crippen molar-refractivity contribution in [3.05, 3.63) is 18.1 Å². The smallest absolute Gasteiger partial charge is 0.358 e. The molecule has 1 saturated heterocycles. The number of anilines is 1. The van der Waals surface area contributed by atoms with Gasteiger partial charge in [0.05, 0.1) is 0 Å². The number of carbonyl (C=O) groups is 1. The Hall–Kier alpha value is -1.65. The lowest BCUT2D eigenvalue weighted by atomic mass is 10.4. The number of carboxylic acid groups (broad SMARTS) is 1. The van der Waals surface area contributed by atoms with Crippen molar-refractivity contribution in [3.63, 3.8) is 0 Å². The quantitative estimate of drug-likeness (QED) is 0.751. The van der Waals surface area contributed by atoms with E-state index < -0.39 is 5.97 Å². The summed E-state index contributed by atoms with van der Waals surface area (Å²) in [5, 5.41) is 8.90. The topological polar surface area (TPSA) is 66.3 Å². The molecule has 2 heterocycles. The molecule has 2 rings (SSSR count). The summed E-state index contributed by atoms with van der Waals surface area (Å²) in [7, 11) is 0. The monoisotopic (exact) mass is 193 g/mol. The van der Waals surface area contributed by atoms with Gasteiger partial charge in [-0.15, -0.1) is 0 Å². The van der Waals surface area contributed by atoms with Gasteiger partial charge in [0.15, 0.2) is 11.5 Å². The zero-order valence-electron chi connectivity index (χ0n) is 7.68. The Morgan fingerprint density at radius 1 is 1.29 bits per heavy atom. The van der Waals surface area contributed by atoms with Gasteiger partial charge in [-0.1, -0.05) is 0 Å². The van der Waals surface area contributed by atoms with E-state index in [1.54, 1.807) is 0 Å². The minimum Gasteiger partial charge on any atom is -0.476 e. The highest BCUT2D eigenvalue weighted by molar-refractivity contribution is 5.90. The summed E-state index contributed by atoms with van der Waals surface area (Å²) >= 11 is 0. The van der Waals surface area contributed by atoms with Gasteiger partial charge in [-0.2, -0.15) is 0 Å². The van der Waals surface area contributed by atoms with Gasteiger partial charge < -0.3 is 10.0 Å². The van der Waals surface area contributed by atoms with Crippen LogP contribution in [0.3, 0.4) is 0 Å². The summed E-state index contributed by atoms with van der Waals surface area (Å²) in [4.78, 5) is 20.7. The first-order valence-corrected chi connectivity index (χ1v) is 4.58. The highest BCUT2D eigenvalue weighted by Gasteiger charge is 2.20. The number of aromatic nitrogens is 2. The van der Waals surface area contributed by atoms with Crippen molar-refractivity contribution in [2.24, 2.45) is 0 Å². The van der Waals surface area contributed by atoms with Gasteiger partial charge in [-0.3, -0.25) is 0 Å². The summed E-state index contributed by atoms with van der Waals surface area (Å²) in [6, 6.07) is 0. The van der Waals surface area contributed by atoms with E-state index in [1.807, 2.05) is 4.90 Å². The first-order valence-electron chi connectivity index (χ1n) is 4.58. The molecular weight excluding hydrogens is 182 g/mol. The van der Waals surface area contributed by atoms with Crippen molar-refractivity contribution in [2.75, 3.05) is 18.0 Å². The predicted molar refractivity (Wildman–Crippen MR) is 50.4 cm³/mol. The summed E-state index contributed by atoms with van der Waals surface area (Å²) in [6.07, 6.45) is 5.12. The van der Waals surface area contributed by atoms with Crippen LogP contribution in [0.1, 0.15) is 23.3 Å². The second-order valence-corrected chi connectivity index (χ2v) is 3.23. The molecule has 1 fully saturated rings. The number of carboxylic acids is 1. The van der Waals surface area contributed by atoms with Gasteiger partial charge in [-0.05, 0) is 12.8 Å². The van der Waals surface area contributed by atoms with Crippen molar-refractivity contribution in [1.29, 1.82) is 0 Å². The molecule has 0 bridgehead atoms. The Morgan fingerprint density at radius 3 is 2.57 bits per heavy atom. The Kier molecular flexibility index (Phi) is 2.30. The molecule has 74 valence electrons. The molecule has 1 N–H and O–H groups in total. The van der Waals surface area contributed by atoms with Crippen LogP contribution in [0.15, 0.2) is 12.4 Å². The second-order valence-electron chi connectivity index (χ2n) is 3.23. The minimum absolute atomic E-state index is 0.0504. The van der Waals surface area contributed by atoms with Crippen molar-refractivity contribution in [1.82, 2.24) is 9.97 Å². The van der Waals surface area contributed by atoms with Gasteiger partial charge in [0, 0.05) is 25.5 Å². The third-order valence-corrected chi connectivity index (χ3v) is 2.29. The van der Waals surface area contributed by atoms with E-state index in [1.165, 1.54) is 12.4 Å². The lowest BCUT2D eigenvalue weighted by molar-refractivity contribution is 0.0691. The van der Waals surface area contributed by atoms with E-state index in [4.69, 9.17) is 5.11 Å². The van der Waals surface area contributed by atoms with Crippen molar-refractivity contribution in [3.8, 4) is 0 Å². The minimum atomic E-state index is -1.01. The average Bonchev–Trinajstić information content (AvgIpc) is 2.70. The fourth-order valence-corrected chi connectivity index (χ4v) is 1.64. The van der Waals surface area contributed by atoms with Gasteiger partial charge >= 0.3 is 5.97 Å².